The SMILES string of the molecule is CC(C)CC(NCC1CCC(C)O1)c1ccccc1. The van der Waals surface area contributed by atoms with Gasteiger partial charge in [0.15, 0.2) is 0 Å². The largest absolute Gasteiger partial charge is 0.374 e. The monoisotopic (exact) mass is 261 g/mol. The van der Waals surface area contributed by atoms with Crippen LogP contribution in [0.4, 0.5) is 0 Å². The molecule has 106 valence electrons. The molecule has 0 bridgehead atoms. The summed E-state index contributed by atoms with van der Waals surface area (Å²) in [5, 5.41) is 3.70. The lowest BCUT2D eigenvalue weighted by Gasteiger charge is -2.23. The lowest BCUT2D eigenvalue weighted by molar-refractivity contribution is 0.0538. The fourth-order valence-electron chi connectivity index (χ4n) is 2.80. The van der Waals surface area contributed by atoms with Crippen molar-refractivity contribution < 1.29 is 4.74 Å². The fourth-order valence-corrected chi connectivity index (χ4v) is 2.80. The van der Waals surface area contributed by atoms with Crippen LogP contribution in [0.5, 0.6) is 0 Å². The van der Waals surface area contributed by atoms with Crippen molar-refractivity contribution in [2.24, 2.45) is 5.92 Å². The van der Waals surface area contributed by atoms with Crippen molar-refractivity contribution in [1.29, 1.82) is 0 Å². The highest BCUT2D eigenvalue weighted by molar-refractivity contribution is 5.18. The highest BCUT2D eigenvalue weighted by Crippen LogP contribution is 2.23. The number of benzene rings is 1. The Morgan fingerprint density at radius 2 is 1.95 bits per heavy atom. The van der Waals surface area contributed by atoms with E-state index >= 15 is 0 Å². The Labute approximate surface area is 117 Å². The van der Waals surface area contributed by atoms with E-state index in [0.717, 1.165) is 6.54 Å². The van der Waals surface area contributed by atoms with Gasteiger partial charge in [-0.05, 0) is 37.7 Å². The van der Waals surface area contributed by atoms with Gasteiger partial charge < -0.3 is 10.1 Å². The summed E-state index contributed by atoms with van der Waals surface area (Å²) in [4.78, 5) is 0. The molecule has 1 saturated heterocycles. The molecule has 2 heteroatoms. The van der Waals surface area contributed by atoms with Gasteiger partial charge in [-0.2, -0.15) is 0 Å². The Balaban J connectivity index is 1.91. The molecule has 2 nitrogen and oxygen atoms in total. The van der Waals surface area contributed by atoms with Crippen LogP contribution in [0.1, 0.15) is 51.6 Å². The van der Waals surface area contributed by atoms with Crippen molar-refractivity contribution in [3.63, 3.8) is 0 Å². The van der Waals surface area contributed by atoms with Crippen molar-refractivity contribution in [2.75, 3.05) is 6.54 Å². The van der Waals surface area contributed by atoms with Gasteiger partial charge in [0.05, 0.1) is 12.2 Å². The molecule has 1 heterocycles. The van der Waals surface area contributed by atoms with E-state index in [-0.39, 0.29) is 0 Å². The zero-order chi connectivity index (χ0) is 13.7. The minimum atomic E-state index is 0.397. The van der Waals surface area contributed by atoms with Crippen LogP contribution in [0, 0.1) is 5.92 Å². The molecular formula is C17H27NO. The van der Waals surface area contributed by atoms with Crippen molar-refractivity contribution in [3.8, 4) is 0 Å². The van der Waals surface area contributed by atoms with Gasteiger partial charge in [0.2, 0.25) is 0 Å². The highest BCUT2D eigenvalue weighted by atomic mass is 16.5. The van der Waals surface area contributed by atoms with E-state index in [4.69, 9.17) is 4.74 Å². The average Bonchev–Trinajstić information content (AvgIpc) is 2.81. The molecular weight excluding hydrogens is 234 g/mol. The Hall–Kier alpha value is -0.860. The van der Waals surface area contributed by atoms with Gasteiger partial charge in [0.1, 0.15) is 0 Å². The fraction of sp³-hybridized carbons (Fsp3) is 0.647. The number of nitrogens with one attached hydrogen (secondary N) is 1. The molecule has 0 amide bonds. The summed E-state index contributed by atoms with van der Waals surface area (Å²) < 4.78 is 5.89. The van der Waals surface area contributed by atoms with Gasteiger partial charge in [-0.15, -0.1) is 0 Å². The molecule has 0 aliphatic carbocycles. The molecule has 3 atom stereocenters. The second kappa shape index (κ2) is 7.06. The second-order valence-electron chi connectivity index (χ2n) is 6.15. The molecule has 0 saturated carbocycles. The molecule has 1 aromatic carbocycles. The van der Waals surface area contributed by atoms with Gasteiger partial charge in [-0.3, -0.25) is 0 Å². The number of hydrogen-bond acceptors (Lipinski definition) is 2. The molecule has 1 aliphatic heterocycles. The van der Waals surface area contributed by atoms with E-state index in [9.17, 15) is 0 Å². The smallest absolute Gasteiger partial charge is 0.0704 e. The predicted octanol–water partition coefficient (Wildman–Crippen LogP) is 3.93. The summed E-state index contributed by atoms with van der Waals surface area (Å²) in [6, 6.07) is 11.2. The van der Waals surface area contributed by atoms with E-state index in [2.05, 4.69) is 56.4 Å². The first kappa shape index (κ1) is 14.5. The summed E-state index contributed by atoms with van der Waals surface area (Å²) in [6.07, 6.45) is 4.40. The van der Waals surface area contributed by atoms with Crippen molar-refractivity contribution >= 4 is 0 Å². The number of hydrogen-bond donors (Lipinski definition) is 1. The molecule has 0 radical (unpaired) electrons. The maximum absolute atomic E-state index is 5.89. The first-order valence-electron chi connectivity index (χ1n) is 7.59. The normalized spacial score (nSPS) is 24.8. The third-order valence-corrected chi connectivity index (χ3v) is 3.82. The van der Waals surface area contributed by atoms with E-state index in [0.29, 0.717) is 24.2 Å². The lowest BCUT2D eigenvalue weighted by Crippen LogP contribution is -2.31. The molecule has 1 N–H and O–H groups in total. The molecule has 0 spiro atoms. The standard InChI is InChI=1S/C17H27NO/c1-13(2)11-17(15-7-5-4-6-8-15)18-12-16-10-9-14(3)19-16/h4-8,13-14,16-18H,9-12H2,1-3H3. The minimum Gasteiger partial charge on any atom is -0.374 e. The molecule has 1 aromatic rings. The molecule has 19 heavy (non-hydrogen) atoms. The molecule has 0 aromatic heterocycles. The van der Waals surface area contributed by atoms with Gasteiger partial charge >= 0.3 is 0 Å². The average molecular weight is 261 g/mol. The maximum atomic E-state index is 5.89. The highest BCUT2D eigenvalue weighted by Gasteiger charge is 2.23. The van der Waals surface area contributed by atoms with Crippen LogP contribution < -0.4 is 5.32 Å². The van der Waals surface area contributed by atoms with Gasteiger partial charge in [0.25, 0.3) is 0 Å². The van der Waals surface area contributed by atoms with Crippen LogP contribution in [0.25, 0.3) is 0 Å². The first-order chi connectivity index (χ1) is 9.15. The van der Waals surface area contributed by atoms with Crippen molar-refractivity contribution in [1.82, 2.24) is 5.32 Å². The Bertz CT molecular complexity index is 363. The van der Waals surface area contributed by atoms with E-state index in [1.807, 2.05) is 0 Å². The zero-order valence-electron chi connectivity index (χ0n) is 12.4. The lowest BCUT2D eigenvalue weighted by atomic mass is 9.97. The van der Waals surface area contributed by atoms with Crippen LogP contribution in [0.15, 0.2) is 30.3 Å². The molecule has 2 rings (SSSR count). The summed E-state index contributed by atoms with van der Waals surface area (Å²) in [5.74, 6) is 0.695. The van der Waals surface area contributed by atoms with E-state index in [1.165, 1.54) is 24.8 Å². The Morgan fingerprint density at radius 1 is 1.21 bits per heavy atom. The molecule has 1 aliphatic rings. The van der Waals surface area contributed by atoms with Crippen LogP contribution in [-0.4, -0.2) is 18.8 Å². The molecule has 1 fully saturated rings. The van der Waals surface area contributed by atoms with Crippen molar-refractivity contribution in [2.45, 2.75) is 58.3 Å². The topological polar surface area (TPSA) is 21.3 Å². The summed E-state index contributed by atoms with van der Waals surface area (Å²) in [7, 11) is 0. The molecule has 3 unspecified atom stereocenters. The third-order valence-electron chi connectivity index (χ3n) is 3.82. The minimum absolute atomic E-state index is 0.397. The summed E-state index contributed by atoms with van der Waals surface area (Å²) in [6.45, 7) is 7.71. The summed E-state index contributed by atoms with van der Waals surface area (Å²) in [5.41, 5.74) is 1.39. The zero-order valence-corrected chi connectivity index (χ0v) is 12.4. The number of ether oxygens (including phenoxy) is 1. The third kappa shape index (κ3) is 4.63. The predicted molar refractivity (Wildman–Crippen MR) is 80.2 cm³/mol. The van der Waals surface area contributed by atoms with Crippen molar-refractivity contribution in [3.05, 3.63) is 35.9 Å². The first-order valence-corrected chi connectivity index (χ1v) is 7.59. The van der Waals surface area contributed by atoms with E-state index < -0.39 is 0 Å². The van der Waals surface area contributed by atoms with Crippen LogP contribution in [0.2, 0.25) is 0 Å². The second-order valence-corrected chi connectivity index (χ2v) is 6.15. The van der Waals surface area contributed by atoms with Crippen LogP contribution >= 0.6 is 0 Å². The Kier molecular flexibility index (Phi) is 5.41. The van der Waals surface area contributed by atoms with Gasteiger partial charge in [-0.1, -0.05) is 44.2 Å². The van der Waals surface area contributed by atoms with E-state index in [1.54, 1.807) is 0 Å². The van der Waals surface area contributed by atoms with Gasteiger partial charge in [-0.25, -0.2) is 0 Å². The van der Waals surface area contributed by atoms with Crippen LogP contribution in [-0.2, 0) is 4.74 Å². The Morgan fingerprint density at radius 3 is 2.53 bits per heavy atom. The number of rotatable bonds is 6. The summed E-state index contributed by atoms with van der Waals surface area (Å²) >= 11 is 0. The maximum Gasteiger partial charge on any atom is 0.0704 e. The quantitative estimate of drug-likeness (QED) is 0.837. The van der Waals surface area contributed by atoms with Gasteiger partial charge in [0, 0.05) is 12.6 Å². The van der Waals surface area contributed by atoms with Crippen LogP contribution in [0.3, 0.4) is 0 Å².